The molecule has 1 saturated carbocycles. The Kier molecular flexibility index (Phi) is 5.67. The smallest absolute Gasteiger partial charge is 0.0349 e. The van der Waals surface area contributed by atoms with Gasteiger partial charge in [-0.3, -0.25) is 4.90 Å². The zero-order valence-corrected chi connectivity index (χ0v) is 13.1. The standard InChI is InChI=1S/C16H33N3/c1-13(2)9-14-5-4-6-15(10-14)19-8-7-18(3)12-16(19)11-17/h13-16H,4-12,17H2,1-3H3. The van der Waals surface area contributed by atoms with Crippen LogP contribution >= 0.6 is 0 Å². The SMILES string of the molecule is CC(C)CC1CCCC(N2CCN(C)CC2CN)C1. The van der Waals surface area contributed by atoms with E-state index >= 15 is 0 Å². The van der Waals surface area contributed by atoms with Crippen molar-refractivity contribution in [3.63, 3.8) is 0 Å². The van der Waals surface area contributed by atoms with E-state index in [2.05, 4.69) is 30.7 Å². The molecule has 0 radical (unpaired) electrons. The van der Waals surface area contributed by atoms with E-state index in [1.165, 1.54) is 45.2 Å². The fraction of sp³-hybridized carbons (Fsp3) is 1.00. The van der Waals surface area contributed by atoms with Gasteiger partial charge in [0.25, 0.3) is 0 Å². The van der Waals surface area contributed by atoms with Crippen molar-refractivity contribution in [3.05, 3.63) is 0 Å². The summed E-state index contributed by atoms with van der Waals surface area (Å²) in [6, 6.07) is 1.39. The lowest BCUT2D eigenvalue weighted by atomic mass is 9.80. The summed E-state index contributed by atoms with van der Waals surface area (Å²) in [6.07, 6.45) is 7.10. The second-order valence-electron chi connectivity index (χ2n) is 7.21. The number of hydrogen-bond acceptors (Lipinski definition) is 3. The molecule has 2 aliphatic rings. The van der Waals surface area contributed by atoms with Crippen LogP contribution in [0, 0.1) is 11.8 Å². The molecule has 2 fully saturated rings. The van der Waals surface area contributed by atoms with E-state index in [9.17, 15) is 0 Å². The molecule has 2 N–H and O–H groups in total. The minimum Gasteiger partial charge on any atom is -0.329 e. The highest BCUT2D eigenvalue weighted by Crippen LogP contribution is 2.33. The summed E-state index contributed by atoms with van der Waals surface area (Å²) in [4.78, 5) is 5.18. The molecule has 0 spiro atoms. The van der Waals surface area contributed by atoms with Crippen LogP contribution in [0.1, 0.15) is 46.0 Å². The molecular weight excluding hydrogens is 234 g/mol. The fourth-order valence-electron chi connectivity index (χ4n) is 4.16. The van der Waals surface area contributed by atoms with Gasteiger partial charge in [-0.25, -0.2) is 0 Å². The van der Waals surface area contributed by atoms with Gasteiger partial charge in [-0.05, 0) is 38.1 Å². The maximum atomic E-state index is 6.01. The maximum absolute atomic E-state index is 6.01. The molecule has 0 aromatic rings. The van der Waals surface area contributed by atoms with Gasteiger partial charge in [0.1, 0.15) is 0 Å². The Morgan fingerprint density at radius 2 is 2.00 bits per heavy atom. The first-order chi connectivity index (χ1) is 9.10. The molecule has 2 rings (SSSR count). The van der Waals surface area contributed by atoms with Crippen LogP contribution in [0.5, 0.6) is 0 Å². The Hall–Kier alpha value is -0.120. The zero-order valence-electron chi connectivity index (χ0n) is 13.1. The van der Waals surface area contributed by atoms with Crippen LogP contribution in [0.3, 0.4) is 0 Å². The molecule has 3 nitrogen and oxygen atoms in total. The highest BCUT2D eigenvalue weighted by molar-refractivity contribution is 4.89. The molecular formula is C16H33N3. The number of piperazine rings is 1. The second-order valence-corrected chi connectivity index (χ2v) is 7.21. The average molecular weight is 267 g/mol. The molecule has 3 unspecified atom stereocenters. The monoisotopic (exact) mass is 267 g/mol. The van der Waals surface area contributed by atoms with E-state index in [4.69, 9.17) is 5.73 Å². The maximum Gasteiger partial charge on any atom is 0.0349 e. The summed E-state index contributed by atoms with van der Waals surface area (Å²) in [5.74, 6) is 1.80. The molecule has 1 heterocycles. The normalized spacial score (nSPS) is 34.9. The van der Waals surface area contributed by atoms with Gasteiger partial charge in [0.2, 0.25) is 0 Å². The second kappa shape index (κ2) is 7.05. The van der Waals surface area contributed by atoms with Crippen molar-refractivity contribution in [1.29, 1.82) is 0 Å². The third kappa shape index (κ3) is 4.17. The molecule has 0 aromatic carbocycles. The molecule has 3 atom stereocenters. The zero-order chi connectivity index (χ0) is 13.8. The lowest BCUT2D eigenvalue weighted by Crippen LogP contribution is -2.58. The van der Waals surface area contributed by atoms with Crippen LogP contribution in [0.2, 0.25) is 0 Å². The summed E-state index contributed by atoms with van der Waals surface area (Å²) < 4.78 is 0. The van der Waals surface area contributed by atoms with Crippen molar-refractivity contribution in [2.75, 3.05) is 33.2 Å². The van der Waals surface area contributed by atoms with Gasteiger partial charge in [-0.15, -0.1) is 0 Å². The molecule has 3 heteroatoms. The van der Waals surface area contributed by atoms with Crippen LogP contribution < -0.4 is 5.73 Å². The first-order valence-electron chi connectivity index (χ1n) is 8.24. The number of likely N-dealkylation sites (N-methyl/N-ethyl adjacent to an activating group) is 1. The first-order valence-corrected chi connectivity index (χ1v) is 8.24. The summed E-state index contributed by atoms with van der Waals surface area (Å²) in [5, 5.41) is 0. The van der Waals surface area contributed by atoms with E-state index in [1.807, 2.05) is 0 Å². The summed E-state index contributed by atoms with van der Waals surface area (Å²) in [6.45, 7) is 9.13. The van der Waals surface area contributed by atoms with E-state index < -0.39 is 0 Å². The van der Waals surface area contributed by atoms with Crippen molar-refractivity contribution < 1.29 is 0 Å². The van der Waals surface area contributed by atoms with Gasteiger partial charge in [-0.2, -0.15) is 0 Å². The van der Waals surface area contributed by atoms with E-state index in [1.54, 1.807) is 0 Å². The predicted molar refractivity (Wildman–Crippen MR) is 82.2 cm³/mol. The molecule has 19 heavy (non-hydrogen) atoms. The first kappa shape index (κ1) is 15.3. The molecule has 1 saturated heterocycles. The van der Waals surface area contributed by atoms with Gasteiger partial charge in [0.05, 0.1) is 0 Å². The van der Waals surface area contributed by atoms with Gasteiger partial charge in [-0.1, -0.05) is 26.7 Å². The lowest BCUT2D eigenvalue weighted by Gasteiger charge is -2.46. The van der Waals surface area contributed by atoms with E-state index in [0.29, 0.717) is 6.04 Å². The molecule has 112 valence electrons. The minimum atomic E-state index is 0.585. The van der Waals surface area contributed by atoms with Gasteiger partial charge < -0.3 is 10.6 Å². The minimum absolute atomic E-state index is 0.585. The average Bonchev–Trinajstić information content (AvgIpc) is 2.38. The van der Waals surface area contributed by atoms with Gasteiger partial charge >= 0.3 is 0 Å². The van der Waals surface area contributed by atoms with Gasteiger partial charge in [0.15, 0.2) is 0 Å². The van der Waals surface area contributed by atoms with Crippen molar-refractivity contribution in [3.8, 4) is 0 Å². The largest absolute Gasteiger partial charge is 0.329 e. The van der Waals surface area contributed by atoms with Gasteiger partial charge in [0, 0.05) is 38.3 Å². The molecule has 0 bridgehead atoms. The molecule has 0 amide bonds. The Morgan fingerprint density at radius 3 is 2.68 bits per heavy atom. The third-order valence-corrected chi connectivity index (χ3v) is 5.03. The Balaban J connectivity index is 1.92. The highest BCUT2D eigenvalue weighted by Gasteiger charge is 2.33. The Labute approximate surface area is 119 Å². The Morgan fingerprint density at radius 1 is 1.21 bits per heavy atom. The van der Waals surface area contributed by atoms with E-state index in [0.717, 1.165) is 31.0 Å². The number of rotatable bonds is 4. The summed E-state index contributed by atoms with van der Waals surface area (Å²) in [7, 11) is 2.22. The molecule has 0 aromatic heterocycles. The third-order valence-electron chi connectivity index (χ3n) is 5.03. The van der Waals surface area contributed by atoms with Crippen LogP contribution in [0.4, 0.5) is 0 Å². The summed E-state index contributed by atoms with van der Waals surface area (Å²) in [5.41, 5.74) is 6.01. The number of nitrogens with zero attached hydrogens (tertiary/aromatic N) is 2. The Bertz CT molecular complexity index is 267. The van der Waals surface area contributed by atoms with Crippen molar-refractivity contribution in [2.24, 2.45) is 17.6 Å². The fourth-order valence-corrected chi connectivity index (χ4v) is 4.16. The number of nitrogens with two attached hydrogens (primary N) is 1. The summed E-state index contributed by atoms with van der Waals surface area (Å²) >= 11 is 0. The lowest BCUT2D eigenvalue weighted by molar-refractivity contribution is 0.0289. The van der Waals surface area contributed by atoms with Crippen LogP contribution in [0.15, 0.2) is 0 Å². The van der Waals surface area contributed by atoms with E-state index in [-0.39, 0.29) is 0 Å². The molecule has 1 aliphatic carbocycles. The van der Waals surface area contributed by atoms with Crippen LogP contribution in [-0.4, -0.2) is 55.1 Å². The number of hydrogen-bond donors (Lipinski definition) is 1. The topological polar surface area (TPSA) is 32.5 Å². The van der Waals surface area contributed by atoms with Crippen molar-refractivity contribution in [1.82, 2.24) is 9.80 Å². The van der Waals surface area contributed by atoms with Crippen LogP contribution in [-0.2, 0) is 0 Å². The van der Waals surface area contributed by atoms with Crippen molar-refractivity contribution in [2.45, 2.75) is 58.0 Å². The van der Waals surface area contributed by atoms with Crippen LogP contribution in [0.25, 0.3) is 0 Å². The highest BCUT2D eigenvalue weighted by atomic mass is 15.3. The van der Waals surface area contributed by atoms with Crippen molar-refractivity contribution >= 4 is 0 Å². The predicted octanol–water partition coefficient (Wildman–Crippen LogP) is 2.17. The molecule has 1 aliphatic heterocycles. The quantitative estimate of drug-likeness (QED) is 0.847.